The van der Waals surface area contributed by atoms with Gasteiger partial charge in [-0.3, -0.25) is 4.79 Å². The third-order valence-electron chi connectivity index (χ3n) is 3.67. The van der Waals surface area contributed by atoms with Crippen molar-refractivity contribution in [3.63, 3.8) is 0 Å². The van der Waals surface area contributed by atoms with E-state index in [1.165, 1.54) is 16.0 Å². The molecule has 0 saturated carbocycles. The van der Waals surface area contributed by atoms with Gasteiger partial charge in [0.1, 0.15) is 0 Å². The number of hydrogen-bond acceptors (Lipinski definition) is 3. The van der Waals surface area contributed by atoms with Gasteiger partial charge in [0.2, 0.25) is 5.91 Å². The number of carbonyl (C=O) groups excluding carboxylic acids is 1. The number of likely N-dealkylation sites (tertiary alicyclic amines) is 1. The Morgan fingerprint density at radius 1 is 1.25 bits per heavy atom. The van der Waals surface area contributed by atoms with Crippen LogP contribution < -0.4 is 5.73 Å². The molecule has 0 unspecified atom stereocenters. The van der Waals surface area contributed by atoms with Crippen molar-refractivity contribution in [1.29, 1.82) is 0 Å². The lowest BCUT2D eigenvalue weighted by molar-refractivity contribution is -0.131. The first-order valence-corrected chi connectivity index (χ1v) is 8.27. The van der Waals surface area contributed by atoms with Gasteiger partial charge in [-0.25, -0.2) is 0 Å². The lowest BCUT2D eigenvalue weighted by Crippen LogP contribution is -2.42. The van der Waals surface area contributed by atoms with Crippen LogP contribution in [-0.4, -0.2) is 35.7 Å². The Bertz CT molecular complexity index is 447. The average Bonchev–Trinajstić information content (AvgIpc) is 2.38. The van der Waals surface area contributed by atoms with Gasteiger partial charge in [0.15, 0.2) is 0 Å². The first-order chi connectivity index (χ1) is 9.54. The van der Waals surface area contributed by atoms with Crippen molar-refractivity contribution in [2.24, 2.45) is 5.73 Å². The van der Waals surface area contributed by atoms with Gasteiger partial charge >= 0.3 is 0 Å². The Balaban J connectivity index is 1.76. The molecular formula is C16H24N2OS. The predicted molar refractivity (Wildman–Crippen MR) is 85.0 cm³/mol. The highest BCUT2D eigenvalue weighted by Crippen LogP contribution is 2.22. The molecule has 1 saturated heterocycles. The molecule has 0 aromatic heterocycles. The zero-order valence-electron chi connectivity index (χ0n) is 12.4. The highest BCUT2D eigenvalue weighted by atomic mass is 32.2. The lowest BCUT2D eigenvalue weighted by atomic mass is 10.1. The third kappa shape index (κ3) is 4.53. The molecule has 1 aliphatic rings. The highest BCUT2D eigenvalue weighted by Gasteiger charge is 2.19. The van der Waals surface area contributed by atoms with E-state index in [4.69, 9.17) is 5.73 Å². The first-order valence-electron chi connectivity index (χ1n) is 7.29. The number of nitrogens with two attached hydrogens (primary N) is 1. The molecule has 1 fully saturated rings. The van der Waals surface area contributed by atoms with Crippen LogP contribution >= 0.6 is 11.8 Å². The van der Waals surface area contributed by atoms with Gasteiger partial charge in [-0.05, 0) is 49.9 Å². The molecule has 0 aliphatic carbocycles. The minimum atomic E-state index is 0.272. The second kappa shape index (κ2) is 7.14. The zero-order valence-corrected chi connectivity index (χ0v) is 13.2. The van der Waals surface area contributed by atoms with Gasteiger partial charge < -0.3 is 10.6 Å². The molecule has 0 atom stereocenters. The number of benzene rings is 1. The van der Waals surface area contributed by atoms with Crippen LogP contribution in [0.5, 0.6) is 0 Å². The molecular weight excluding hydrogens is 268 g/mol. The van der Waals surface area contributed by atoms with Gasteiger partial charge in [-0.2, -0.15) is 0 Å². The maximum absolute atomic E-state index is 12.1. The van der Waals surface area contributed by atoms with E-state index in [2.05, 4.69) is 32.0 Å². The minimum absolute atomic E-state index is 0.272. The van der Waals surface area contributed by atoms with E-state index in [0.717, 1.165) is 31.7 Å². The molecule has 1 aliphatic heterocycles. The van der Waals surface area contributed by atoms with E-state index in [9.17, 15) is 4.79 Å². The Morgan fingerprint density at radius 3 is 2.45 bits per heavy atom. The summed E-state index contributed by atoms with van der Waals surface area (Å²) in [6, 6.07) is 6.82. The number of rotatable bonds is 4. The predicted octanol–water partition coefficient (Wildman–Crippen LogP) is 2.74. The van der Waals surface area contributed by atoms with Gasteiger partial charge in [0, 0.05) is 36.2 Å². The highest BCUT2D eigenvalue weighted by molar-refractivity contribution is 7.99. The first kappa shape index (κ1) is 15.4. The van der Waals surface area contributed by atoms with E-state index in [0.29, 0.717) is 6.42 Å². The molecule has 4 heteroatoms. The molecule has 0 bridgehead atoms. The van der Waals surface area contributed by atoms with Gasteiger partial charge in [0.05, 0.1) is 0 Å². The van der Waals surface area contributed by atoms with Crippen molar-refractivity contribution < 1.29 is 4.79 Å². The summed E-state index contributed by atoms with van der Waals surface area (Å²) in [6.45, 7) is 5.88. The largest absolute Gasteiger partial charge is 0.343 e. The fourth-order valence-corrected chi connectivity index (χ4v) is 3.63. The zero-order chi connectivity index (χ0) is 14.5. The molecule has 2 N–H and O–H groups in total. The van der Waals surface area contributed by atoms with Crippen LogP contribution in [0.1, 0.15) is 30.4 Å². The van der Waals surface area contributed by atoms with Crippen LogP contribution in [0.3, 0.4) is 0 Å². The molecule has 0 radical (unpaired) electrons. The van der Waals surface area contributed by atoms with Crippen LogP contribution in [0.25, 0.3) is 0 Å². The Labute approximate surface area is 125 Å². The van der Waals surface area contributed by atoms with E-state index < -0.39 is 0 Å². The monoisotopic (exact) mass is 292 g/mol. The van der Waals surface area contributed by atoms with Crippen molar-refractivity contribution >= 4 is 17.7 Å². The Morgan fingerprint density at radius 2 is 1.85 bits per heavy atom. The van der Waals surface area contributed by atoms with Gasteiger partial charge in [-0.15, -0.1) is 11.8 Å². The topological polar surface area (TPSA) is 46.3 Å². The number of nitrogens with zero attached hydrogens (tertiary/aromatic N) is 1. The summed E-state index contributed by atoms with van der Waals surface area (Å²) in [6.07, 6.45) is 2.50. The van der Waals surface area contributed by atoms with Crippen LogP contribution in [0, 0.1) is 13.8 Å². The van der Waals surface area contributed by atoms with E-state index in [1.54, 1.807) is 11.8 Å². The molecule has 110 valence electrons. The summed E-state index contributed by atoms with van der Waals surface area (Å²) in [5.74, 6) is 1.12. The SMILES string of the molecule is Cc1cc(C)cc(SCCC(=O)N2CCC(N)CC2)c1. The van der Waals surface area contributed by atoms with Crippen LogP contribution in [-0.2, 0) is 4.79 Å². The fraction of sp³-hybridized carbons (Fsp3) is 0.562. The van der Waals surface area contributed by atoms with Gasteiger partial charge in [0.25, 0.3) is 0 Å². The average molecular weight is 292 g/mol. The second-order valence-electron chi connectivity index (χ2n) is 5.64. The number of piperidine rings is 1. The number of amides is 1. The summed E-state index contributed by atoms with van der Waals surface area (Å²) in [4.78, 5) is 15.3. The summed E-state index contributed by atoms with van der Waals surface area (Å²) >= 11 is 1.77. The second-order valence-corrected chi connectivity index (χ2v) is 6.81. The molecule has 20 heavy (non-hydrogen) atoms. The van der Waals surface area contributed by atoms with E-state index in [1.807, 2.05) is 4.90 Å². The number of aryl methyl sites for hydroxylation is 2. The number of carbonyl (C=O) groups is 1. The molecule has 1 amide bonds. The molecule has 1 aromatic carbocycles. The summed E-state index contributed by atoms with van der Waals surface area (Å²) < 4.78 is 0. The lowest BCUT2D eigenvalue weighted by Gasteiger charge is -2.30. The molecule has 0 spiro atoms. The molecule has 3 nitrogen and oxygen atoms in total. The van der Waals surface area contributed by atoms with Gasteiger partial charge in [-0.1, -0.05) is 6.07 Å². The van der Waals surface area contributed by atoms with E-state index in [-0.39, 0.29) is 11.9 Å². The van der Waals surface area contributed by atoms with Crippen LogP contribution in [0.4, 0.5) is 0 Å². The third-order valence-corrected chi connectivity index (χ3v) is 4.65. The standard InChI is InChI=1S/C16H24N2OS/c1-12-9-13(2)11-15(10-12)20-8-5-16(19)18-6-3-14(17)4-7-18/h9-11,14H,3-8,17H2,1-2H3. The van der Waals surface area contributed by atoms with E-state index >= 15 is 0 Å². The Hall–Kier alpha value is -1.00. The smallest absolute Gasteiger partial charge is 0.223 e. The quantitative estimate of drug-likeness (QED) is 0.868. The normalized spacial score (nSPS) is 16.4. The van der Waals surface area contributed by atoms with Crippen LogP contribution in [0.2, 0.25) is 0 Å². The van der Waals surface area contributed by atoms with Crippen molar-refractivity contribution in [3.05, 3.63) is 29.3 Å². The summed E-state index contributed by atoms with van der Waals surface area (Å²) in [5.41, 5.74) is 8.42. The summed E-state index contributed by atoms with van der Waals surface area (Å²) in [7, 11) is 0. The van der Waals surface area contributed by atoms with Crippen molar-refractivity contribution in [3.8, 4) is 0 Å². The maximum Gasteiger partial charge on any atom is 0.223 e. The molecule has 1 heterocycles. The number of thioether (sulfide) groups is 1. The molecule has 1 aromatic rings. The minimum Gasteiger partial charge on any atom is -0.343 e. The molecule has 2 rings (SSSR count). The Kier molecular flexibility index (Phi) is 5.49. The maximum atomic E-state index is 12.1. The van der Waals surface area contributed by atoms with Crippen molar-refractivity contribution in [2.75, 3.05) is 18.8 Å². The van der Waals surface area contributed by atoms with Crippen LogP contribution in [0.15, 0.2) is 23.1 Å². The fourth-order valence-electron chi connectivity index (χ4n) is 2.58. The summed E-state index contributed by atoms with van der Waals surface area (Å²) in [5, 5.41) is 0. The van der Waals surface area contributed by atoms with Crippen molar-refractivity contribution in [2.45, 2.75) is 44.0 Å². The number of hydrogen-bond donors (Lipinski definition) is 1. The van der Waals surface area contributed by atoms with Crippen molar-refractivity contribution in [1.82, 2.24) is 4.90 Å².